The number of aryl methyl sites for hydroxylation is 1. The summed E-state index contributed by atoms with van der Waals surface area (Å²) in [7, 11) is 2.77. The Kier molecular flexibility index (Phi) is 2.16. The van der Waals surface area contributed by atoms with Gasteiger partial charge in [0.1, 0.15) is 0 Å². The Morgan fingerprint density at radius 1 is 1.42 bits per heavy atom. The monoisotopic (exact) mass is 179 g/mol. The number of nitrogens with two attached hydrogens (primary N) is 1. The van der Waals surface area contributed by atoms with E-state index in [-0.39, 0.29) is 6.04 Å². The Morgan fingerprint density at radius 2 is 2.25 bits per heavy atom. The molecule has 2 atom stereocenters. The molecule has 0 heterocycles. The normalized spacial score (nSPS) is 22.0. The molecule has 0 bridgehead atoms. The average Bonchev–Trinajstić information content (AvgIpc) is 2.04. The number of hydrogen-bond donors (Lipinski definition) is 1. The minimum Gasteiger partial charge on any atom is -0.324 e. The molecule has 0 spiro atoms. The van der Waals surface area contributed by atoms with Crippen molar-refractivity contribution in [1.29, 1.82) is 0 Å². The molecule has 0 aromatic heterocycles. The molecule has 0 saturated carbocycles. The minimum atomic E-state index is 0.266. The lowest BCUT2D eigenvalue weighted by Gasteiger charge is -2.23. The molecule has 1 aromatic rings. The van der Waals surface area contributed by atoms with E-state index in [0.717, 1.165) is 6.42 Å². The Bertz CT molecular complexity index is 296. The third-order valence-electron chi connectivity index (χ3n) is 2.56. The molecule has 0 saturated heterocycles. The summed E-state index contributed by atoms with van der Waals surface area (Å²) in [5, 5.41) is 1.28. The van der Waals surface area contributed by atoms with Crippen LogP contribution in [0.25, 0.3) is 0 Å². The van der Waals surface area contributed by atoms with Gasteiger partial charge in [-0.2, -0.15) is 0 Å². The number of rotatable bonds is 0. The summed E-state index contributed by atoms with van der Waals surface area (Å²) in [5.74, 6) is 0. The Morgan fingerprint density at radius 3 is 3.00 bits per heavy atom. The zero-order valence-electron chi connectivity index (χ0n) is 7.09. The zero-order valence-corrected chi connectivity index (χ0v) is 8.24. The van der Waals surface area contributed by atoms with Crippen LogP contribution >= 0.6 is 9.24 Å². The quantitative estimate of drug-likeness (QED) is 0.600. The summed E-state index contributed by atoms with van der Waals surface area (Å²) in [6, 6.07) is 6.69. The van der Waals surface area contributed by atoms with Crippen molar-refractivity contribution in [2.45, 2.75) is 25.3 Å². The Hall–Kier alpha value is -0.390. The fourth-order valence-corrected chi connectivity index (χ4v) is 2.47. The minimum absolute atomic E-state index is 0.266. The van der Waals surface area contributed by atoms with Gasteiger partial charge in [-0.1, -0.05) is 18.2 Å². The molecule has 12 heavy (non-hydrogen) atoms. The lowest BCUT2D eigenvalue weighted by atomic mass is 9.88. The first-order valence-corrected chi connectivity index (χ1v) is 4.99. The highest BCUT2D eigenvalue weighted by atomic mass is 31.0. The molecule has 0 amide bonds. The van der Waals surface area contributed by atoms with Gasteiger partial charge in [-0.15, -0.1) is 9.24 Å². The maximum atomic E-state index is 6.03. The van der Waals surface area contributed by atoms with Gasteiger partial charge in [0.25, 0.3) is 0 Å². The van der Waals surface area contributed by atoms with E-state index in [4.69, 9.17) is 5.73 Å². The largest absolute Gasteiger partial charge is 0.324 e. The average molecular weight is 179 g/mol. The van der Waals surface area contributed by atoms with Crippen molar-refractivity contribution in [3.05, 3.63) is 29.3 Å². The van der Waals surface area contributed by atoms with Gasteiger partial charge in [0.05, 0.1) is 0 Å². The van der Waals surface area contributed by atoms with Crippen LogP contribution in [0.2, 0.25) is 0 Å². The molecule has 2 rings (SSSR count). The second-order valence-electron chi connectivity index (χ2n) is 3.42. The first kappa shape index (κ1) is 8.22. The van der Waals surface area contributed by atoms with Crippen LogP contribution in [0, 0.1) is 0 Å². The Labute approximate surface area is 75.6 Å². The van der Waals surface area contributed by atoms with Gasteiger partial charge in [0.15, 0.2) is 0 Å². The fraction of sp³-hybridized carbons (Fsp3) is 0.400. The number of benzene rings is 1. The predicted molar refractivity (Wildman–Crippen MR) is 55.7 cm³/mol. The molecular formula is C10H14NP. The lowest BCUT2D eigenvalue weighted by Crippen LogP contribution is -2.22. The standard InChI is InChI=1S/C10H14NP/c11-8-5-1-3-7-4-2-6-9(12)10(7)8/h2,4,6,8H,1,3,5,11-12H2/t8-/m0/s1. The van der Waals surface area contributed by atoms with E-state index in [0.29, 0.717) is 0 Å². The molecule has 2 heteroatoms. The van der Waals surface area contributed by atoms with Crippen molar-refractivity contribution in [2.24, 2.45) is 5.73 Å². The van der Waals surface area contributed by atoms with Gasteiger partial charge >= 0.3 is 0 Å². The molecule has 64 valence electrons. The van der Waals surface area contributed by atoms with E-state index in [2.05, 4.69) is 27.4 Å². The second kappa shape index (κ2) is 3.16. The molecule has 0 aliphatic heterocycles. The summed E-state index contributed by atoms with van der Waals surface area (Å²) >= 11 is 0. The molecule has 1 aromatic carbocycles. The topological polar surface area (TPSA) is 26.0 Å². The summed E-state index contributed by atoms with van der Waals surface area (Å²) in [6.07, 6.45) is 3.58. The van der Waals surface area contributed by atoms with Crippen LogP contribution in [-0.4, -0.2) is 0 Å². The summed E-state index contributed by atoms with van der Waals surface area (Å²) in [6.45, 7) is 0. The van der Waals surface area contributed by atoms with Gasteiger partial charge in [-0.05, 0) is 35.7 Å². The first-order valence-electron chi connectivity index (χ1n) is 4.42. The van der Waals surface area contributed by atoms with Crippen molar-refractivity contribution in [3.8, 4) is 0 Å². The summed E-state index contributed by atoms with van der Waals surface area (Å²) in [4.78, 5) is 0. The summed E-state index contributed by atoms with van der Waals surface area (Å²) in [5.41, 5.74) is 8.85. The summed E-state index contributed by atoms with van der Waals surface area (Å²) < 4.78 is 0. The highest BCUT2D eigenvalue weighted by Gasteiger charge is 2.17. The Balaban J connectivity index is 2.53. The second-order valence-corrected chi connectivity index (χ2v) is 4.04. The molecule has 0 fully saturated rings. The van der Waals surface area contributed by atoms with Crippen LogP contribution in [0.4, 0.5) is 0 Å². The van der Waals surface area contributed by atoms with E-state index in [1.54, 1.807) is 0 Å². The van der Waals surface area contributed by atoms with Crippen LogP contribution in [0.3, 0.4) is 0 Å². The zero-order chi connectivity index (χ0) is 8.55. The molecule has 1 unspecified atom stereocenters. The highest BCUT2D eigenvalue weighted by molar-refractivity contribution is 7.27. The van der Waals surface area contributed by atoms with E-state index in [1.165, 1.54) is 29.3 Å². The number of hydrogen-bond acceptors (Lipinski definition) is 1. The third-order valence-corrected chi connectivity index (χ3v) is 3.07. The number of fused-ring (bicyclic) bond motifs is 1. The van der Waals surface area contributed by atoms with Gasteiger partial charge in [-0.3, -0.25) is 0 Å². The van der Waals surface area contributed by atoms with Crippen molar-refractivity contribution in [1.82, 2.24) is 0 Å². The van der Waals surface area contributed by atoms with E-state index >= 15 is 0 Å². The van der Waals surface area contributed by atoms with Crippen LogP contribution in [0.15, 0.2) is 18.2 Å². The van der Waals surface area contributed by atoms with Crippen molar-refractivity contribution in [3.63, 3.8) is 0 Å². The maximum absolute atomic E-state index is 6.03. The molecule has 0 radical (unpaired) electrons. The molecule has 2 N–H and O–H groups in total. The van der Waals surface area contributed by atoms with Crippen LogP contribution in [-0.2, 0) is 6.42 Å². The maximum Gasteiger partial charge on any atom is 0.0303 e. The third kappa shape index (κ3) is 1.28. The molecular weight excluding hydrogens is 165 g/mol. The molecule has 1 nitrogen and oxygen atoms in total. The van der Waals surface area contributed by atoms with Crippen LogP contribution in [0.5, 0.6) is 0 Å². The fourth-order valence-electron chi connectivity index (χ4n) is 1.96. The SMILES string of the molecule is N[C@H]1CCCc2cccc(P)c21. The smallest absolute Gasteiger partial charge is 0.0303 e. The van der Waals surface area contributed by atoms with Gasteiger partial charge in [0, 0.05) is 6.04 Å². The van der Waals surface area contributed by atoms with Crippen molar-refractivity contribution in [2.75, 3.05) is 0 Å². The van der Waals surface area contributed by atoms with Gasteiger partial charge < -0.3 is 5.73 Å². The van der Waals surface area contributed by atoms with Crippen molar-refractivity contribution < 1.29 is 0 Å². The predicted octanol–water partition coefficient (Wildman–Crippen LogP) is 1.52. The molecule has 1 aliphatic carbocycles. The van der Waals surface area contributed by atoms with Crippen LogP contribution < -0.4 is 11.0 Å². The molecule has 1 aliphatic rings. The van der Waals surface area contributed by atoms with E-state index in [9.17, 15) is 0 Å². The highest BCUT2D eigenvalue weighted by Crippen LogP contribution is 2.27. The van der Waals surface area contributed by atoms with Crippen LogP contribution in [0.1, 0.15) is 30.0 Å². The van der Waals surface area contributed by atoms with Gasteiger partial charge in [-0.25, -0.2) is 0 Å². The van der Waals surface area contributed by atoms with E-state index in [1.807, 2.05) is 0 Å². The van der Waals surface area contributed by atoms with Crippen molar-refractivity contribution >= 4 is 14.5 Å². The van der Waals surface area contributed by atoms with E-state index < -0.39 is 0 Å². The first-order chi connectivity index (χ1) is 5.79. The van der Waals surface area contributed by atoms with Gasteiger partial charge in [0.2, 0.25) is 0 Å². The lowest BCUT2D eigenvalue weighted by molar-refractivity contribution is 0.573.